The van der Waals surface area contributed by atoms with Gasteiger partial charge in [-0.15, -0.1) is 0 Å². The third-order valence-electron chi connectivity index (χ3n) is 11.9. The maximum atomic E-state index is 13.5. The number of carbonyl (C=O) groups excluding carboxylic acids is 1. The number of aliphatic hydroxyl groups is 5. The number of rotatable bonds is 14. The van der Waals surface area contributed by atoms with Gasteiger partial charge >= 0.3 is 0 Å². The van der Waals surface area contributed by atoms with Crippen LogP contribution in [-0.2, 0) is 27.4 Å². The Morgan fingerprint density at radius 3 is 2.63 bits per heavy atom. The number of nitrogens with zero attached hydrogens (tertiary/aromatic N) is 2. The van der Waals surface area contributed by atoms with Crippen molar-refractivity contribution in [2.24, 2.45) is 10.9 Å². The molecule has 7 unspecified atom stereocenters. The summed E-state index contributed by atoms with van der Waals surface area (Å²) in [6, 6.07) is 10.2. The van der Waals surface area contributed by atoms with Gasteiger partial charge in [0.2, 0.25) is 5.91 Å². The van der Waals surface area contributed by atoms with Crippen molar-refractivity contribution in [3.8, 4) is 17.2 Å². The van der Waals surface area contributed by atoms with Crippen molar-refractivity contribution in [2.45, 2.75) is 81.6 Å². The van der Waals surface area contributed by atoms with Crippen molar-refractivity contribution in [3.05, 3.63) is 93.6 Å². The van der Waals surface area contributed by atoms with Crippen LogP contribution in [-0.4, -0.2) is 109 Å². The number of phenolic OH excluding ortho intramolecular Hbond substituents is 2. The highest BCUT2D eigenvalue weighted by Crippen LogP contribution is 2.48. The molecule has 1 amide bonds. The normalized spacial score (nSPS) is 23.6. The van der Waals surface area contributed by atoms with Crippen LogP contribution in [0.4, 0.5) is 5.69 Å². The molecule has 0 bridgehead atoms. The van der Waals surface area contributed by atoms with E-state index in [1.165, 1.54) is 36.4 Å². The molecular weight excluding hydrogens is 766 g/mol. The van der Waals surface area contributed by atoms with E-state index in [4.69, 9.17) is 18.9 Å². The number of aromatic hydroxyl groups is 2. The third-order valence-corrected chi connectivity index (χ3v) is 11.9. The van der Waals surface area contributed by atoms with Crippen LogP contribution in [0.2, 0.25) is 0 Å². The quantitative estimate of drug-likeness (QED) is 0.0673. The van der Waals surface area contributed by atoms with E-state index in [0.717, 1.165) is 11.3 Å². The first-order valence-corrected chi connectivity index (χ1v) is 19.5. The highest BCUT2D eigenvalue weighted by molar-refractivity contribution is 6.12. The molecule has 312 valence electrons. The Kier molecular flexibility index (Phi) is 10.8. The largest absolute Gasteiger partial charge is 0.508 e. The maximum Gasteiger partial charge on any atom is 0.220 e. The lowest BCUT2D eigenvalue weighted by Gasteiger charge is -2.43. The van der Waals surface area contributed by atoms with Crippen LogP contribution in [0.3, 0.4) is 0 Å². The molecule has 1 saturated heterocycles. The number of carbonyl (C=O) groups is 1. The first-order valence-electron chi connectivity index (χ1n) is 19.5. The maximum absolute atomic E-state index is 13.5. The number of amides is 1. The summed E-state index contributed by atoms with van der Waals surface area (Å²) < 4.78 is 13.2. The van der Waals surface area contributed by atoms with E-state index in [9.17, 15) is 45.3 Å². The van der Waals surface area contributed by atoms with Crippen molar-refractivity contribution in [2.75, 3.05) is 31.2 Å². The second kappa shape index (κ2) is 15.7. The second-order valence-corrected chi connectivity index (χ2v) is 16.2. The van der Waals surface area contributed by atoms with E-state index in [1.54, 1.807) is 19.2 Å². The standard InChI is InChI=1S/C43H47N3O13/c1-22-11-33(50)30-13-26-14-35(59-56-21-43(55,41(54)38(53)34(51)20-47)16-24-3-6-32(49)28-5-4-27(48)15-29(24)28)42(2,9-7-23-12-36(52)45-17-23)58-39(26)37(40(30)57-22)46-18-25-8-10-44-31(25)19-46/h3-6,8,10-11,13,15,18,23,34-35,38,41,47-49,51,53-55H,7,9,12,14,16-17,19-21H2,1-2H3,(H,45,52). The van der Waals surface area contributed by atoms with Crippen LogP contribution in [0, 0.1) is 12.8 Å². The molecule has 16 heteroatoms. The van der Waals surface area contributed by atoms with Crippen LogP contribution in [0.15, 0.2) is 80.7 Å². The first kappa shape index (κ1) is 40.4. The van der Waals surface area contributed by atoms with Crippen LogP contribution >= 0.6 is 0 Å². The minimum absolute atomic E-state index is 0.0226. The summed E-state index contributed by atoms with van der Waals surface area (Å²) in [6.07, 6.45) is -0.342. The number of fused-ring (bicyclic) bond motifs is 4. The predicted molar refractivity (Wildman–Crippen MR) is 214 cm³/mol. The molecule has 1 fully saturated rings. The molecule has 3 aromatic carbocycles. The van der Waals surface area contributed by atoms with Gasteiger partial charge in [-0.2, -0.15) is 0 Å². The fourth-order valence-corrected chi connectivity index (χ4v) is 8.48. The minimum atomic E-state index is -2.40. The molecule has 0 aliphatic carbocycles. The SMILES string of the molecule is Cc1cc(=O)c2cc3c(c(N4C=C5C=CN=C5C4)c2o1)OC(C)(CCC1CNC(=O)C1)C(OOCC(O)(Cc1ccc(O)c2ccc(O)cc12)C(O)C(O)C(O)CO)C3. The lowest BCUT2D eigenvalue weighted by molar-refractivity contribution is -0.371. The van der Waals surface area contributed by atoms with Gasteiger partial charge in [-0.05, 0) is 80.0 Å². The first-order chi connectivity index (χ1) is 28.2. The Bertz CT molecular complexity index is 2460. The van der Waals surface area contributed by atoms with Gasteiger partial charge in [0.1, 0.15) is 65.2 Å². The highest BCUT2D eigenvalue weighted by atomic mass is 17.2. The Balaban J connectivity index is 1.15. The summed E-state index contributed by atoms with van der Waals surface area (Å²) in [5.74, 6) is 0.634. The van der Waals surface area contributed by atoms with E-state index in [0.29, 0.717) is 82.4 Å². The van der Waals surface area contributed by atoms with Gasteiger partial charge in [-0.3, -0.25) is 14.6 Å². The fraction of sp³-hybridized carbons (Fsp3) is 0.419. The second-order valence-electron chi connectivity index (χ2n) is 16.2. The smallest absolute Gasteiger partial charge is 0.220 e. The molecule has 1 aromatic heterocycles. The molecule has 0 spiro atoms. The summed E-state index contributed by atoms with van der Waals surface area (Å²) in [7, 11) is 0. The number of anilines is 1. The van der Waals surface area contributed by atoms with Crippen molar-refractivity contribution >= 4 is 39.0 Å². The zero-order valence-electron chi connectivity index (χ0n) is 32.5. The van der Waals surface area contributed by atoms with Gasteiger partial charge in [-0.25, -0.2) is 9.78 Å². The summed E-state index contributed by atoms with van der Waals surface area (Å²) in [6.45, 7) is 2.74. The van der Waals surface area contributed by atoms with Gasteiger partial charge in [-0.1, -0.05) is 6.07 Å². The molecule has 4 aromatic rings. The molecule has 4 aliphatic heterocycles. The number of hydrogen-bond acceptors (Lipinski definition) is 15. The zero-order chi connectivity index (χ0) is 41.8. The Morgan fingerprint density at radius 1 is 1.07 bits per heavy atom. The number of phenols is 2. The van der Waals surface area contributed by atoms with Gasteiger partial charge in [0.15, 0.2) is 16.8 Å². The number of nitrogens with one attached hydrogen (secondary N) is 1. The van der Waals surface area contributed by atoms with Gasteiger partial charge in [0, 0.05) is 60.8 Å². The number of aliphatic hydroxyl groups excluding tert-OH is 4. The third kappa shape index (κ3) is 7.68. The lowest BCUT2D eigenvalue weighted by atomic mass is 9.83. The van der Waals surface area contributed by atoms with Crippen molar-refractivity contribution in [3.63, 3.8) is 0 Å². The lowest BCUT2D eigenvalue weighted by Crippen LogP contribution is -2.58. The van der Waals surface area contributed by atoms with Crippen LogP contribution in [0.25, 0.3) is 21.7 Å². The summed E-state index contributed by atoms with van der Waals surface area (Å²) in [5, 5.41) is 78.9. The van der Waals surface area contributed by atoms with Gasteiger partial charge in [0.25, 0.3) is 0 Å². The fourth-order valence-electron chi connectivity index (χ4n) is 8.48. The molecular formula is C43H47N3O13. The predicted octanol–water partition coefficient (Wildman–Crippen LogP) is 2.31. The molecule has 4 aliphatic rings. The molecule has 5 heterocycles. The Labute approximate surface area is 337 Å². The van der Waals surface area contributed by atoms with E-state index < -0.39 is 55.3 Å². The highest BCUT2D eigenvalue weighted by Gasteiger charge is 2.48. The van der Waals surface area contributed by atoms with E-state index in [-0.39, 0.29) is 35.2 Å². The average Bonchev–Trinajstić information content (AvgIpc) is 3.94. The number of ether oxygens (including phenoxy) is 1. The number of hydrogen-bond donors (Lipinski definition) is 8. The molecule has 8 rings (SSSR count). The monoisotopic (exact) mass is 813 g/mol. The van der Waals surface area contributed by atoms with E-state index in [1.807, 2.05) is 24.1 Å². The topological polar surface area (TPSA) is 244 Å². The zero-order valence-corrected chi connectivity index (χ0v) is 32.5. The van der Waals surface area contributed by atoms with Gasteiger partial charge < -0.3 is 55.1 Å². The Morgan fingerprint density at radius 2 is 1.88 bits per heavy atom. The van der Waals surface area contributed by atoms with Crippen molar-refractivity contribution in [1.29, 1.82) is 0 Å². The van der Waals surface area contributed by atoms with Crippen LogP contribution < -0.4 is 20.4 Å². The molecule has 59 heavy (non-hydrogen) atoms. The average molecular weight is 814 g/mol. The summed E-state index contributed by atoms with van der Waals surface area (Å²) >= 11 is 0. The summed E-state index contributed by atoms with van der Waals surface area (Å²) in [4.78, 5) is 44.0. The molecule has 0 saturated carbocycles. The molecule has 8 N–H and O–H groups in total. The molecule has 0 radical (unpaired) electrons. The van der Waals surface area contributed by atoms with Crippen molar-refractivity contribution < 1.29 is 59.5 Å². The van der Waals surface area contributed by atoms with Crippen LogP contribution in [0.1, 0.15) is 43.1 Å². The molecule has 16 nitrogen and oxygen atoms in total. The number of aliphatic imine (C=N–C) groups is 1. The van der Waals surface area contributed by atoms with E-state index >= 15 is 0 Å². The van der Waals surface area contributed by atoms with Crippen LogP contribution in [0.5, 0.6) is 17.2 Å². The number of allylic oxidation sites excluding steroid dienone is 1. The number of aryl methyl sites for hydroxylation is 1. The number of benzene rings is 3. The van der Waals surface area contributed by atoms with E-state index in [2.05, 4.69) is 10.3 Å². The summed E-state index contributed by atoms with van der Waals surface area (Å²) in [5.41, 5.74) is -0.218. The van der Waals surface area contributed by atoms with Crippen molar-refractivity contribution in [1.82, 2.24) is 5.32 Å². The Hall–Kier alpha value is -5.33. The minimum Gasteiger partial charge on any atom is -0.508 e. The van der Waals surface area contributed by atoms with Gasteiger partial charge in [0.05, 0.1) is 24.2 Å². The molecule has 7 atom stereocenters.